The van der Waals surface area contributed by atoms with Crippen LogP contribution in [0.25, 0.3) is 22.8 Å². The molecule has 0 aliphatic carbocycles. The first-order valence-electron chi connectivity index (χ1n) is 10.5. The van der Waals surface area contributed by atoms with Gasteiger partial charge < -0.3 is 19.0 Å². The second-order valence-electron chi connectivity index (χ2n) is 7.97. The molecule has 3 rings (SSSR count). The van der Waals surface area contributed by atoms with Crippen molar-refractivity contribution in [3.05, 3.63) is 53.6 Å². The molecular weight excluding hydrogens is 415 g/mol. The summed E-state index contributed by atoms with van der Waals surface area (Å²) in [5.74, 6) is 1.84. The molecule has 0 aliphatic rings. The van der Waals surface area contributed by atoms with Crippen molar-refractivity contribution in [3.8, 4) is 28.6 Å². The molecule has 2 aromatic carbocycles. The van der Waals surface area contributed by atoms with Crippen molar-refractivity contribution >= 4 is 7.60 Å². The van der Waals surface area contributed by atoms with Crippen LogP contribution in [0.2, 0.25) is 0 Å². The molecule has 1 heterocycles. The molecule has 0 atom stereocenters. The van der Waals surface area contributed by atoms with Gasteiger partial charge in [-0.05, 0) is 69.4 Å². The van der Waals surface area contributed by atoms with Gasteiger partial charge in [0.2, 0.25) is 5.82 Å². The fourth-order valence-electron chi connectivity index (χ4n) is 3.27. The van der Waals surface area contributed by atoms with E-state index in [9.17, 15) is 4.57 Å². The average Bonchev–Trinajstić information content (AvgIpc) is 3.19. The van der Waals surface area contributed by atoms with Crippen LogP contribution in [0, 0.1) is 6.92 Å². The lowest BCUT2D eigenvalue weighted by Crippen LogP contribution is -2.06. The van der Waals surface area contributed by atoms with Gasteiger partial charge in [-0.25, -0.2) is 0 Å². The Morgan fingerprint density at radius 1 is 1.03 bits per heavy atom. The van der Waals surface area contributed by atoms with Gasteiger partial charge in [0.05, 0.1) is 6.10 Å². The van der Waals surface area contributed by atoms with E-state index in [-0.39, 0.29) is 12.3 Å². The molecule has 2 N–H and O–H groups in total. The maximum absolute atomic E-state index is 10.9. The summed E-state index contributed by atoms with van der Waals surface area (Å²) in [6.45, 7) is 5.98. The predicted octanol–water partition coefficient (Wildman–Crippen LogP) is 5.39. The van der Waals surface area contributed by atoms with Crippen LogP contribution < -0.4 is 4.74 Å². The Labute approximate surface area is 182 Å². The molecule has 0 radical (unpaired) electrons. The minimum atomic E-state index is -3.88. The second kappa shape index (κ2) is 10.2. The van der Waals surface area contributed by atoms with E-state index < -0.39 is 7.60 Å². The van der Waals surface area contributed by atoms with Gasteiger partial charge in [0.15, 0.2) is 0 Å². The summed E-state index contributed by atoms with van der Waals surface area (Å²) in [4.78, 5) is 22.3. The zero-order chi connectivity index (χ0) is 22.4. The highest BCUT2D eigenvalue weighted by atomic mass is 31.2. The first-order valence-corrected chi connectivity index (χ1v) is 12.3. The number of aryl methyl sites for hydroxylation is 2. The van der Waals surface area contributed by atoms with Gasteiger partial charge in [-0.2, -0.15) is 4.98 Å². The normalized spacial score (nSPS) is 11.8. The van der Waals surface area contributed by atoms with Gasteiger partial charge in [0.1, 0.15) is 5.75 Å². The maximum Gasteiger partial charge on any atom is 0.325 e. The first kappa shape index (κ1) is 23.2. The quantitative estimate of drug-likeness (QED) is 0.319. The summed E-state index contributed by atoms with van der Waals surface area (Å²) in [6.07, 6.45) is 3.16. The SMILES string of the molecule is Cc1cc(-c2nc(-c3ccc(CCCCCP(=O)(O)O)cc3)no2)ccc1OC(C)C. The molecule has 0 unspecified atom stereocenters. The van der Waals surface area contributed by atoms with Crippen molar-refractivity contribution in [2.45, 2.75) is 52.6 Å². The Hall–Kier alpha value is -2.47. The fourth-order valence-corrected chi connectivity index (χ4v) is 3.91. The number of ether oxygens (including phenoxy) is 1. The monoisotopic (exact) mass is 444 g/mol. The van der Waals surface area contributed by atoms with E-state index in [0.717, 1.165) is 41.7 Å². The molecule has 0 aliphatic heterocycles. The third-order valence-electron chi connectivity index (χ3n) is 4.84. The van der Waals surface area contributed by atoms with E-state index in [1.54, 1.807) is 0 Å². The zero-order valence-electron chi connectivity index (χ0n) is 18.1. The number of rotatable bonds is 10. The Balaban J connectivity index is 1.60. The number of nitrogens with zero attached hydrogens (tertiary/aromatic N) is 2. The van der Waals surface area contributed by atoms with Crippen LogP contribution in [0.1, 0.15) is 44.2 Å². The highest BCUT2D eigenvalue weighted by Gasteiger charge is 2.13. The van der Waals surface area contributed by atoms with E-state index >= 15 is 0 Å². The fraction of sp³-hybridized carbons (Fsp3) is 0.391. The molecule has 0 saturated carbocycles. The zero-order valence-corrected chi connectivity index (χ0v) is 19.0. The summed E-state index contributed by atoms with van der Waals surface area (Å²) in [5, 5.41) is 4.11. The number of unbranched alkanes of at least 4 members (excludes halogenated alkanes) is 2. The van der Waals surface area contributed by atoms with Crippen LogP contribution >= 0.6 is 7.60 Å². The Kier molecular flexibility index (Phi) is 7.65. The third-order valence-corrected chi connectivity index (χ3v) is 5.74. The van der Waals surface area contributed by atoms with E-state index in [1.807, 2.05) is 63.2 Å². The summed E-state index contributed by atoms with van der Waals surface area (Å²) >= 11 is 0. The Morgan fingerprint density at radius 3 is 2.39 bits per heavy atom. The average molecular weight is 444 g/mol. The molecular formula is C23H29N2O5P. The third kappa shape index (κ3) is 7.03. The van der Waals surface area contributed by atoms with Crippen molar-refractivity contribution in [1.82, 2.24) is 10.1 Å². The van der Waals surface area contributed by atoms with Gasteiger partial charge >= 0.3 is 7.60 Å². The Morgan fingerprint density at radius 2 is 1.74 bits per heavy atom. The lowest BCUT2D eigenvalue weighted by molar-refractivity contribution is 0.241. The number of hydrogen-bond acceptors (Lipinski definition) is 5. The van der Waals surface area contributed by atoms with Gasteiger partial charge in [0, 0.05) is 17.3 Å². The molecule has 7 nitrogen and oxygen atoms in total. The van der Waals surface area contributed by atoms with E-state index in [2.05, 4.69) is 10.1 Å². The second-order valence-corrected chi connectivity index (χ2v) is 9.74. The molecule has 1 aromatic heterocycles. The highest BCUT2D eigenvalue weighted by molar-refractivity contribution is 7.51. The summed E-state index contributed by atoms with van der Waals surface area (Å²) < 4.78 is 22.1. The van der Waals surface area contributed by atoms with Crippen molar-refractivity contribution in [2.24, 2.45) is 0 Å². The smallest absolute Gasteiger partial charge is 0.325 e. The van der Waals surface area contributed by atoms with Crippen LogP contribution in [-0.4, -0.2) is 32.2 Å². The van der Waals surface area contributed by atoms with Crippen molar-refractivity contribution in [3.63, 3.8) is 0 Å². The molecule has 0 saturated heterocycles. The summed E-state index contributed by atoms with van der Waals surface area (Å²) in [7, 11) is -3.88. The van der Waals surface area contributed by atoms with Crippen molar-refractivity contribution in [2.75, 3.05) is 6.16 Å². The summed E-state index contributed by atoms with van der Waals surface area (Å²) in [5.41, 5.74) is 3.90. The molecule has 0 bridgehead atoms. The molecule has 0 spiro atoms. The van der Waals surface area contributed by atoms with Gasteiger partial charge in [-0.1, -0.05) is 35.8 Å². The summed E-state index contributed by atoms with van der Waals surface area (Å²) in [6, 6.07) is 13.8. The molecule has 8 heteroatoms. The minimum absolute atomic E-state index is 0.0426. The first-order chi connectivity index (χ1) is 14.7. The Bertz CT molecular complexity index is 1040. The number of benzene rings is 2. The topological polar surface area (TPSA) is 106 Å². The molecule has 31 heavy (non-hydrogen) atoms. The number of hydrogen-bond donors (Lipinski definition) is 2. The van der Waals surface area contributed by atoms with Crippen LogP contribution in [0.5, 0.6) is 5.75 Å². The van der Waals surface area contributed by atoms with Gasteiger partial charge in [0.25, 0.3) is 5.89 Å². The van der Waals surface area contributed by atoms with E-state index in [0.29, 0.717) is 18.1 Å². The van der Waals surface area contributed by atoms with Gasteiger partial charge in [-0.3, -0.25) is 4.57 Å². The highest BCUT2D eigenvalue weighted by Crippen LogP contribution is 2.35. The van der Waals surface area contributed by atoms with Gasteiger partial charge in [-0.15, -0.1) is 0 Å². The van der Waals surface area contributed by atoms with Crippen LogP contribution in [0.3, 0.4) is 0 Å². The molecule has 0 amide bonds. The predicted molar refractivity (Wildman–Crippen MR) is 120 cm³/mol. The molecule has 166 valence electrons. The van der Waals surface area contributed by atoms with E-state index in [4.69, 9.17) is 19.0 Å². The lowest BCUT2D eigenvalue weighted by Gasteiger charge is -2.12. The minimum Gasteiger partial charge on any atom is -0.491 e. The van der Waals surface area contributed by atoms with Crippen molar-refractivity contribution in [1.29, 1.82) is 0 Å². The van der Waals surface area contributed by atoms with Crippen molar-refractivity contribution < 1.29 is 23.6 Å². The van der Waals surface area contributed by atoms with Crippen LogP contribution in [0.15, 0.2) is 47.0 Å². The molecule has 3 aromatic rings. The molecule has 0 fully saturated rings. The van der Waals surface area contributed by atoms with E-state index in [1.165, 1.54) is 5.56 Å². The van der Waals surface area contributed by atoms with Crippen LogP contribution in [0.4, 0.5) is 0 Å². The maximum atomic E-state index is 10.9. The lowest BCUT2D eigenvalue weighted by atomic mass is 10.1. The van der Waals surface area contributed by atoms with Crippen LogP contribution in [-0.2, 0) is 11.0 Å². The standard InChI is InChI=1S/C23H29N2O5P/c1-16(2)29-21-13-12-20(15-17(21)3)23-24-22(25-30-23)19-10-8-18(9-11-19)7-5-4-6-14-31(26,27)28/h8-13,15-16H,4-7,14H2,1-3H3,(H2,26,27,28). The largest absolute Gasteiger partial charge is 0.491 e. The number of aromatic nitrogens is 2.